The van der Waals surface area contributed by atoms with Gasteiger partial charge in [0.2, 0.25) is 0 Å². The zero-order valence-corrected chi connectivity index (χ0v) is 12.2. The fraction of sp³-hybridized carbons (Fsp3) is 0.235. The Morgan fingerprint density at radius 1 is 1.05 bits per heavy atom. The molecule has 0 saturated carbocycles. The zero-order valence-electron chi connectivity index (χ0n) is 12.2. The lowest BCUT2D eigenvalue weighted by Gasteiger charge is -2.33. The van der Waals surface area contributed by atoms with Crippen LogP contribution in [-0.4, -0.2) is 31.2 Å². The average molecular weight is 284 g/mol. The molecule has 2 rings (SSSR count). The number of para-hydroxylation sites is 1. The number of amides is 1. The normalized spacial score (nSPS) is 13.3. The molecule has 0 aliphatic carbocycles. The first-order valence-corrected chi connectivity index (χ1v) is 6.87. The van der Waals surface area contributed by atoms with Crippen LogP contribution in [0.4, 0.5) is 5.69 Å². The number of nitrogens with one attached hydrogen (secondary N) is 1. The number of aliphatic hydroxyl groups is 1. The number of anilines is 1. The second-order valence-corrected chi connectivity index (χ2v) is 4.86. The fourth-order valence-electron chi connectivity index (χ4n) is 2.38. The van der Waals surface area contributed by atoms with E-state index in [1.165, 1.54) is 7.05 Å². The number of hydrogen-bond acceptors (Lipinski definition) is 3. The SMILES string of the molecule is CNC(=O)C(O)C(c1ccccc1)N(C)c1ccccc1. The smallest absolute Gasteiger partial charge is 0.251 e. The third-order valence-electron chi connectivity index (χ3n) is 3.54. The van der Waals surface area contributed by atoms with E-state index in [0.29, 0.717) is 0 Å². The van der Waals surface area contributed by atoms with Crippen LogP contribution < -0.4 is 10.2 Å². The van der Waals surface area contributed by atoms with E-state index in [4.69, 9.17) is 0 Å². The van der Waals surface area contributed by atoms with E-state index in [2.05, 4.69) is 5.32 Å². The van der Waals surface area contributed by atoms with Gasteiger partial charge < -0.3 is 15.3 Å². The first-order chi connectivity index (χ1) is 10.1. The molecule has 0 saturated heterocycles. The maximum Gasteiger partial charge on any atom is 0.251 e. The Balaban J connectivity index is 2.39. The van der Waals surface area contributed by atoms with Crippen LogP contribution in [0.5, 0.6) is 0 Å². The Labute approximate surface area is 125 Å². The number of aliphatic hydroxyl groups excluding tert-OH is 1. The van der Waals surface area contributed by atoms with Crippen LogP contribution >= 0.6 is 0 Å². The van der Waals surface area contributed by atoms with Crippen LogP contribution in [0.1, 0.15) is 11.6 Å². The number of nitrogens with zero attached hydrogens (tertiary/aromatic N) is 1. The van der Waals surface area contributed by atoms with Crippen molar-refractivity contribution >= 4 is 11.6 Å². The molecule has 0 bridgehead atoms. The molecular formula is C17H20N2O2. The van der Waals surface area contributed by atoms with Gasteiger partial charge in [0.1, 0.15) is 0 Å². The molecule has 2 aromatic rings. The monoisotopic (exact) mass is 284 g/mol. The minimum Gasteiger partial charge on any atom is -0.381 e. The van der Waals surface area contributed by atoms with Crippen molar-refractivity contribution in [3.63, 3.8) is 0 Å². The maximum absolute atomic E-state index is 11.9. The summed E-state index contributed by atoms with van der Waals surface area (Å²) in [6, 6.07) is 18.8. The predicted molar refractivity (Wildman–Crippen MR) is 84.1 cm³/mol. The van der Waals surface area contributed by atoms with E-state index in [-0.39, 0.29) is 0 Å². The quantitative estimate of drug-likeness (QED) is 0.882. The summed E-state index contributed by atoms with van der Waals surface area (Å²) >= 11 is 0. The summed E-state index contributed by atoms with van der Waals surface area (Å²) in [6.45, 7) is 0. The first kappa shape index (κ1) is 15.1. The van der Waals surface area contributed by atoms with Crippen molar-refractivity contribution in [3.8, 4) is 0 Å². The molecular weight excluding hydrogens is 264 g/mol. The molecule has 0 aliphatic heterocycles. The fourth-order valence-corrected chi connectivity index (χ4v) is 2.38. The minimum absolute atomic E-state index is 0.397. The number of benzene rings is 2. The summed E-state index contributed by atoms with van der Waals surface area (Å²) in [5.74, 6) is -0.397. The van der Waals surface area contributed by atoms with Crippen molar-refractivity contribution in [2.45, 2.75) is 12.1 Å². The summed E-state index contributed by atoms with van der Waals surface area (Å²) in [4.78, 5) is 13.8. The van der Waals surface area contributed by atoms with Crippen LogP contribution in [-0.2, 0) is 4.79 Å². The highest BCUT2D eigenvalue weighted by atomic mass is 16.3. The highest BCUT2D eigenvalue weighted by Gasteiger charge is 2.30. The molecule has 2 unspecified atom stereocenters. The van der Waals surface area contributed by atoms with Gasteiger partial charge in [0.05, 0.1) is 6.04 Å². The Morgan fingerprint density at radius 3 is 2.10 bits per heavy atom. The van der Waals surface area contributed by atoms with Crippen LogP contribution in [0.15, 0.2) is 60.7 Å². The van der Waals surface area contributed by atoms with E-state index in [1.54, 1.807) is 0 Å². The van der Waals surface area contributed by atoms with Gasteiger partial charge in [-0.2, -0.15) is 0 Å². The van der Waals surface area contributed by atoms with Gasteiger partial charge in [-0.15, -0.1) is 0 Å². The summed E-state index contributed by atoms with van der Waals surface area (Å²) in [5.41, 5.74) is 1.83. The molecule has 0 spiro atoms. The Kier molecular flexibility index (Phi) is 4.95. The molecule has 0 aromatic heterocycles. The lowest BCUT2D eigenvalue weighted by Crippen LogP contribution is -2.43. The minimum atomic E-state index is -1.15. The van der Waals surface area contributed by atoms with Gasteiger partial charge in [0.25, 0.3) is 5.91 Å². The highest BCUT2D eigenvalue weighted by molar-refractivity contribution is 5.82. The van der Waals surface area contributed by atoms with Gasteiger partial charge in [-0.25, -0.2) is 0 Å². The highest BCUT2D eigenvalue weighted by Crippen LogP contribution is 2.28. The predicted octanol–water partition coefficient (Wildman–Crippen LogP) is 1.97. The van der Waals surface area contributed by atoms with Gasteiger partial charge in [-0.3, -0.25) is 4.79 Å². The summed E-state index contributed by atoms with van der Waals surface area (Å²) in [7, 11) is 3.40. The first-order valence-electron chi connectivity index (χ1n) is 6.87. The number of carbonyl (C=O) groups is 1. The maximum atomic E-state index is 11.9. The molecule has 4 heteroatoms. The number of hydrogen-bond donors (Lipinski definition) is 2. The van der Waals surface area contributed by atoms with Gasteiger partial charge in [0.15, 0.2) is 6.10 Å². The molecule has 0 fully saturated rings. The Hall–Kier alpha value is -2.33. The second-order valence-electron chi connectivity index (χ2n) is 4.86. The van der Waals surface area contributed by atoms with Crippen LogP contribution in [0.3, 0.4) is 0 Å². The zero-order chi connectivity index (χ0) is 15.2. The summed E-state index contributed by atoms with van der Waals surface area (Å²) < 4.78 is 0. The van der Waals surface area contributed by atoms with Crippen molar-refractivity contribution in [1.82, 2.24) is 5.32 Å². The van der Waals surface area contributed by atoms with Gasteiger partial charge in [-0.1, -0.05) is 48.5 Å². The van der Waals surface area contributed by atoms with Crippen molar-refractivity contribution < 1.29 is 9.90 Å². The molecule has 1 amide bonds. The molecule has 2 atom stereocenters. The number of rotatable bonds is 5. The second kappa shape index (κ2) is 6.90. The van der Waals surface area contributed by atoms with Gasteiger partial charge in [0, 0.05) is 19.8 Å². The molecule has 0 aliphatic rings. The molecule has 21 heavy (non-hydrogen) atoms. The Bertz CT molecular complexity index is 572. The van der Waals surface area contributed by atoms with E-state index >= 15 is 0 Å². The Morgan fingerprint density at radius 2 is 1.57 bits per heavy atom. The summed E-state index contributed by atoms with van der Waals surface area (Å²) in [6.07, 6.45) is -1.15. The lowest BCUT2D eigenvalue weighted by atomic mass is 9.98. The van der Waals surface area contributed by atoms with E-state index in [1.807, 2.05) is 72.6 Å². The average Bonchev–Trinajstić information content (AvgIpc) is 2.56. The van der Waals surface area contributed by atoms with Crippen molar-refractivity contribution in [3.05, 3.63) is 66.2 Å². The summed E-state index contributed by atoms with van der Waals surface area (Å²) in [5, 5.41) is 12.9. The lowest BCUT2D eigenvalue weighted by molar-refractivity contribution is -0.129. The van der Waals surface area contributed by atoms with Crippen molar-refractivity contribution in [2.24, 2.45) is 0 Å². The van der Waals surface area contributed by atoms with Crippen molar-refractivity contribution in [2.75, 3.05) is 19.0 Å². The molecule has 4 nitrogen and oxygen atoms in total. The third kappa shape index (κ3) is 3.41. The van der Waals surface area contributed by atoms with Crippen LogP contribution in [0.2, 0.25) is 0 Å². The standard InChI is InChI=1S/C17H20N2O2/c1-18-17(21)16(20)15(13-9-5-3-6-10-13)19(2)14-11-7-4-8-12-14/h3-12,15-16,20H,1-2H3,(H,18,21). The third-order valence-corrected chi connectivity index (χ3v) is 3.54. The molecule has 0 heterocycles. The van der Waals surface area contributed by atoms with E-state index < -0.39 is 18.1 Å². The molecule has 2 aromatic carbocycles. The van der Waals surface area contributed by atoms with Gasteiger partial charge >= 0.3 is 0 Å². The largest absolute Gasteiger partial charge is 0.381 e. The topological polar surface area (TPSA) is 52.6 Å². The number of likely N-dealkylation sites (N-methyl/N-ethyl adjacent to an activating group) is 2. The molecule has 0 radical (unpaired) electrons. The van der Waals surface area contributed by atoms with E-state index in [0.717, 1.165) is 11.3 Å². The van der Waals surface area contributed by atoms with Crippen molar-refractivity contribution in [1.29, 1.82) is 0 Å². The van der Waals surface area contributed by atoms with Crippen LogP contribution in [0, 0.1) is 0 Å². The molecule has 110 valence electrons. The van der Waals surface area contributed by atoms with Crippen LogP contribution in [0.25, 0.3) is 0 Å². The molecule has 2 N–H and O–H groups in total. The van der Waals surface area contributed by atoms with Gasteiger partial charge in [-0.05, 0) is 17.7 Å². The van der Waals surface area contributed by atoms with E-state index in [9.17, 15) is 9.90 Å². The number of carbonyl (C=O) groups excluding carboxylic acids is 1.